The van der Waals surface area contributed by atoms with Crippen LogP contribution in [0.25, 0.3) is 10.1 Å². The molecule has 0 atom stereocenters. The minimum Gasteiger partial charge on any atom is -0.317 e. The van der Waals surface area contributed by atoms with Crippen molar-refractivity contribution in [2.75, 3.05) is 5.32 Å². The molecule has 0 radical (unpaired) electrons. The second-order valence-corrected chi connectivity index (χ2v) is 6.81. The lowest BCUT2D eigenvalue weighted by Gasteiger charge is -2.31. The highest BCUT2D eigenvalue weighted by molar-refractivity contribution is 7.22. The highest BCUT2D eigenvalue weighted by Crippen LogP contribution is 2.38. The van der Waals surface area contributed by atoms with Crippen LogP contribution in [0.3, 0.4) is 0 Å². The Balaban J connectivity index is 1.78. The van der Waals surface area contributed by atoms with Gasteiger partial charge in [-0.1, -0.05) is 44.4 Å². The Morgan fingerprint density at radius 1 is 1.21 bits per heavy atom. The molecule has 0 unspecified atom stereocenters. The predicted molar refractivity (Wildman–Crippen MR) is 81.6 cm³/mol. The molecule has 1 N–H and O–H groups in total. The lowest BCUT2D eigenvalue weighted by Crippen LogP contribution is -2.35. The third kappa shape index (κ3) is 2.52. The molecule has 2 nitrogen and oxygen atoms in total. The molecule has 1 saturated carbocycles. The molecule has 1 aromatic heterocycles. The maximum Gasteiger partial charge on any atom is 0.230 e. The predicted octanol–water partition coefficient (Wildman–Crippen LogP) is 4.81. The average Bonchev–Trinajstić information content (AvgIpc) is 2.81. The molecule has 0 spiro atoms. The third-order valence-electron chi connectivity index (χ3n) is 4.17. The maximum atomic E-state index is 12.5. The highest BCUT2D eigenvalue weighted by atomic mass is 32.1. The minimum absolute atomic E-state index is 0.172. The van der Waals surface area contributed by atoms with Gasteiger partial charge in [-0.25, -0.2) is 0 Å². The molecule has 1 heterocycles. The van der Waals surface area contributed by atoms with E-state index in [1.807, 2.05) is 12.1 Å². The van der Waals surface area contributed by atoms with Gasteiger partial charge in [0.15, 0.2) is 0 Å². The van der Waals surface area contributed by atoms with E-state index in [0.717, 1.165) is 17.8 Å². The van der Waals surface area contributed by atoms with Gasteiger partial charge in [0.05, 0.1) is 5.00 Å². The Kier molecular flexibility index (Phi) is 3.31. The molecular formula is C16H19NOS. The van der Waals surface area contributed by atoms with Gasteiger partial charge >= 0.3 is 0 Å². The quantitative estimate of drug-likeness (QED) is 0.835. The molecule has 3 heteroatoms. The summed E-state index contributed by atoms with van der Waals surface area (Å²) >= 11 is 1.66. The first-order chi connectivity index (χ1) is 9.17. The van der Waals surface area contributed by atoms with Crippen molar-refractivity contribution in [1.29, 1.82) is 0 Å². The molecule has 1 amide bonds. The summed E-state index contributed by atoms with van der Waals surface area (Å²) < 4.78 is 1.23. The van der Waals surface area contributed by atoms with Crippen LogP contribution in [0.5, 0.6) is 0 Å². The number of benzene rings is 1. The van der Waals surface area contributed by atoms with Crippen LogP contribution in [0, 0.1) is 5.41 Å². The topological polar surface area (TPSA) is 29.1 Å². The summed E-state index contributed by atoms with van der Waals surface area (Å²) in [7, 11) is 0. The third-order valence-corrected chi connectivity index (χ3v) is 5.20. The van der Waals surface area contributed by atoms with E-state index >= 15 is 0 Å². The fourth-order valence-corrected chi connectivity index (χ4v) is 3.82. The second-order valence-electron chi connectivity index (χ2n) is 5.72. The zero-order valence-corrected chi connectivity index (χ0v) is 12.1. The van der Waals surface area contributed by atoms with E-state index < -0.39 is 0 Å². The van der Waals surface area contributed by atoms with Crippen molar-refractivity contribution in [1.82, 2.24) is 0 Å². The Morgan fingerprint density at radius 2 is 1.95 bits per heavy atom. The number of carbonyl (C=O) groups is 1. The van der Waals surface area contributed by atoms with Gasteiger partial charge in [0, 0.05) is 10.1 Å². The van der Waals surface area contributed by atoms with Crippen molar-refractivity contribution < 1.29 is 4.79 Å². The van der Waals surface area contributed by atoms with E-state index in [4.69, 9.17) is 0 Å². The number of hydrogen-bond acceptors (Lipinski definition) is 2. The summed E-state index contributed by atoms with van der Waals surface area (Å²) in [6, 6.07) is 10.3. The van der Waals surface area contributed by atoms with Crippen molar-refractivity contribution in [3.8, 4) is 0 Å². The maximum absolute atomic E-state index is 12.5. The Bertz CT molecular complexity index is 563. The summed E-state index contributed by atoms with van der Waals surface area (Å²) in [5.74, 6) is 0.193. The molecule has 1 aromatic carbocycles. The largest absolute Gasteiger partial charge is 0.317 e. The van der Waals surface area contributed by atoms with E-state index in [2.05, 4.69) is 30.4 Å². The molecule has 0 saturated heterocycles. The number of hydrogen-bond donors (Lipinski definition) is 1. The molecular weight excluding hydrogens is 254 g/mol. The number of carbonyl (C=O) groups excluding carboxylic acids is 1. The van der Waals surface area contributed by atoms with Gasteiger partial charge in [-0.05, 0) is 30.4 Å². The first-order valence-corrected chi connectivity index (χ1v) is 7.79. The van der Waals surface area contributed by atoms with Crippen LogP contribution in [0.15, 0.2) is 30.3 Å². The van der Waals surface area contributed by atoms with Crippen LogP contribution < -0.4 is 5.32 Å². The zero-order chi connectivity index (χ0) is 13.3. The molecule has 100 valence electrons. The van der Waals surface area contributed by atoms with Gasteiger partial charge in [-0.15, -0.1) is 11.3 Å². The zero-order valence-electron chi connectivity index (χ0n) is 11.2. The Labute approximate surface area is 117 Å². The van der Waals surface area contributed by atoms with Crippen molar-refractivity contribution in [3.05, 3.63) is 30.3 Å². The molecule has 2 aromatic rings. The van der Waals surface area contributed by atoms with Crippen LogP contribution in [-0.2, 0) is 4.79 Å². The monoisotopic (exact) mass is 273 g/mol. The Morgan fingerprint density at radius 3 is 2.68 bits per heavy atom. The summed E-state index contributed by atoms with van der Waals surface area (Å²) in [5, 5.41) is 5.30. The molecule has 1 fully saturated rings. The average molecular weight is 273 g/mol. The van der Waals surface area contributed by atoms with Crippen LogP contribution in [0.1, 0.15) is 39.0 Å². The van der Waals surface area contributed by atoms with Gasteiger partial charge in [0.2, 0.25) is 5.91 Å². The number of thiophene rings is 1. The van der Waals surface area contributed by atoms with Crippen molar-refractivity contribution in [2.45, 2.75) is 39.0 Å². The van der Waals surface area contributed by atoms with Crippen LogP contribution >= 0.6 is 11.3 Å². The lowest BCUT2D eigenvalue weighted by molar-refractivity contribution is -0.126. The smallest absolute Gasteiger partial charge is 0.230 e. The number of rotatable bonds is 2. The molecule has 1 aliphatic carbocycles. The standard InChI is InChI=1S/C16H19NOS/c1-16(9-5-2-6-10-16)15(18)17-14-11-12-7-3-4-8-13(12)19-14/h3-4,7-8,11H,2,5-6,9-10H2,1H3,(H,17,18). The van der Waals surface area contributed by atoms with E-state index in [1.165, 1.54) is 29.3 Å². The van der Waals surface area contributed by atoms with E-state index in [1.54, 1.807) is 11.3 Å². The number of anilines is 1. The first kappa shape index (κ1) is 12.7. The lowest BCUT2D eigenvalue weighted by atomic mass is 9.75. The number of nitrogens with one attached hydrogen (secondary N) is 1. The highest BCUT2D eigenvalue weighted by Gasteiger charge is 2.34. The normalized spacial score (nSPS) is 18.4. The summed E-state index contributed by atoms with van der Waals surface area (Å²) in [5.41, 5.74) is -0.172. The van der Waals surface area contributed by atoms with Crippen LogP contribution in [0.2, 0.25) is 0 Å². The minimum atomic E-state index is -0.172. The van der Waals surface area contributed by atoms with Gasteiger partial charge in [-0.2, -0.15) is 0 Å². The van der Waals surface area contributed by atoms with Crippen molar-refractivity contribution >= 4 is 32.3 Å². The number of amides is 1. The molecule has 1 aliphatic rings. The van der Waals surface area contributed by atoms with E-state index in [9.17, 15) is 4.79 Å². The molecule has 0 aliphatic heterocycles. The van der Waals surface area contributed by atoms with E-state index in [0.29, 0.717) is 0 Å². The van der Waals surface area contributed by atoms with Crippen molar-refractivity contribution in [3.63, 3.8) is 0 Å². The fourth-order valence-electron chi connectivity index (χ4n) is 2.87. The van der Waals surface area contributed by atoms with Gasteiger partial charge in [0.1, 0.15) is 0 Å². The summed E-state index contributed by atoms with van der Waals surface area (Å²) in [6.07, 6.45) is 5.66. The second kappa shape index (κ2) is 4.97. The summed E-state index contributed by atoms with van der Waals surface area (Å²) in [4.78, 5) is 12.5. The van der Waals surface area contributed by atoms with Crippen LogP contribution in [0.4, 0.5) is 5.00 Å². The van der Waals surface area contributed by atoms with E-state index in [-0.39, 0.29) is 11.3 Å². The number of fused-ring (bicyclic) bond motifs is 1. The van der Waals surface area contributed by atoms with Crippen LogP contribution in [-0.4, -0.2) is 5.91 Å². The molecule has 0 bridgehead atoms. The molecule has 3 rings (SSSR count). The van der Waals surface area contributed by atoms with Gasteiger partial charge in [-0.3, -0.25) is 4.79 Å². The van der Waals surface area contributed by atoms with Gasteiger partial charge < -0.3 is 5.32 Å². The summed E-state index contributed by atoms with van der Waals surface area (Å²) in [6.45, 7) is 2.11. The molecule has 19 heavy (non-hydrogen) atoms. The fraction of sp³-hybridized carbons (Fsp3) is 0.438. The SMILES string of the molecule is CC1(C(=O)Nc2cc3ccccc3s2)CCCCC1. The van der Waals surface area contributed by atoms with Crippen molar-refractivity contribution in [2.24, 2.45) is 5.41 Å². The Hall–Kier alpha value is -1.35. The van der Waals surface area contributed by atoms with Gasteiger partial charge in [0.25, 0.3) is 0 Å². The first-order valence-electron chi connectivity index (χ1n) is 6.97.